The molecule has 2 aromatic carbocycles. The lowest BCUT2D eigenvalue weighted by Crippen LogP contribution is -2.12. The maximum Gasteiger partial charge on any atom is 0.121 e. The Morgan fingerprint density at radius 1 is 0.947 bits per heavy atom. The van der Waals surface area contributed by atoms with Crippen LogP contribution in [0.4, 0.5) is 0 Å². The number of aryl methyl sites for hydroxylation is 2. The summed E-state index contributed by atoms with van der Waals surface area (Å²) < 4.78 is 5.27. The fraction of sp³-hybridized carbons (Fsp3) is 0.294. The Morgan fingerprint density at radius 2 is 1.68 bits per heavy atom. The van der Waals surface area contributed by atoms with Crippen molar-refractivity contribution in [1.82, 2.24) is 5.32 Å². The second-order valence-electron chi connectivity index (χ2n) is 4.90. The van der Waals surface area contributed by atoms with Crippen molar-refractivity contribution in [2.45, 2.75) is 26.9 Å². The van der Waals surface area contributed by atoms with E-state index in [2.05, 4.69) is 55.6 Å². The van der Waals surface area contributed by atoms with Crippen LogP contribution in [0, 0.1) is 13.8 Å². The van der Waals surface area contributed by atoms with E-state index >= 15 is 0 Å². The Balaban J connectivity index is 1.90. The second kappa shape index (κ2) is 6.39. The molecular weight excluding hydrogens is 234 g/mol. The van der Waals surface area contributed by atoms with Gasteiger partial charge in [0.25, 0.3) is 0 Å². The van der Waals surface area contributed by atoms with E-state index in [0.717, 1.165) is 18.8 Å². The first-order chi connectivity index (χ1) is 9.19. The molecule has 0 saturated heterocycles. The molecule has 0 aromatic heterocycles. The van der Waals surface area contributed by atoms with Crippen molar-refractivity contribution >= 4 is 0 Å². The molecule has 0 unspecified atom stereocenters. The van der Waals surface area contributed by atoms with Gasteiger partial charge in [-0.15, -0.1) is 0 Å². The summed E-state index contributed by atoms with van der Waals surface area (Å²) >= 11 is 0. The molecule has 0 heterocycles. The van der Waals surface area contributed by atoms with E-state index in [9.17, 15) is 0 Å². The van der Waals surface area contributed by atoms with Crippen molar-refractivity contribution in [1.29, 1.82) is 0 Å². The number of rotatable bonds is 5. The van der Waals surface area contributed by atoms with E-state index in [1.54, 1.807) is 7.11 Å². The third-order valence-corrected chi connectivity index (χ3v) is 3.20. The molecule has 2 rings (SSSR count). The maximum atomic E-state index is 5.27. The van der Waals surface area contributed by atoms with Gasteiger partial charge in [-0.1, -0.05) is 42.0 Å². The zero-order valence-electron chi connectivity index (χ0n) is 11.9. The highest BCUT2D eigenvalue weighted by Gasteiger charge is 2.00. The van der Waals surface area contributed by atoms with Gasteiger partial charge in [0.05, 0.1) is 7.11 Å². The van der Waals surface area contributed by atoms with Crippen molar-refractivity contribution in [3.63, 3.8) is 0 Å². The smallest absolute Gasteiger partial charge is 0.121 e. The highest BCUT2D eigenvalue weighted by Crippen LogP contribution is 2.18. The van der Waals surface area contributed by atoms with Crippen molar-refractivity contribution in [3.05, 3.63) is 64.7 Å². The van der Waals surface area contributed by atoms with Crippen LogP contribution in [0.5, 0.6) is 5.75 Å². The lowest BCUT2D eigenvalue weighted by atomic mass is 10.1. The van der Waals surface area contributed by atoms with Crippen LogP contribution < -0.4 is 10.1 Å². The number of methoxy groups -OCH3 is 1. The van der Waals surface area contributed by atoms with Crippen LogP contribution in [-0.2, 0) is 13.1 Å². The van der Waals surface area contributed by atoms with Gasteiger partial charge in [0.1, 0.15) is 5.75 Å². The van der Waals surface area contributed by atoms with Gasteiger partial charge in [-0.05, 0) is 36.6 Å². The van der Waals surface area contributed by atoms with Crippen LogP contribution in [0.2, 0.25) is 0 Å². The van der Waals surface area contributed by atoms with Crippen molar-refractivity contribution in [2.75, 3.05) is 7.11 Å². The molecule has 100 valence electrons. The fourth-order valence-corrected chi connectivity index (χ4v) is 2.22. The van der Waals surface area contributed by atoms with E-state index in [1.807, 2.05) is 6.07 Å². The first-order valence-corrected chi connectivity index (χ1v) is 6.59. The summed E-state index contributed by atoms with van der Waals surface area (Å²) in [5.74, 6) is 0.947. The Labute approximate surface area is 115 Å². The Bertz CT molecular complexity index is 549. The first kappa shape index (κ1) is 13.6. The molecule has 0 aliphatic heterocycles. The second-order valence-corrected chi connectivity index (χ2v) is 4.90. The first-order valence-electron chi connectivity index (χ1n) is 6.59. The molecule has 0 spiro atoms. The van der Waals surface area contributed by atoms with Crippen LogP contribution in [0.15, 0.2) is 42.5 Å². The quantitative estimate of drug-likeness (QED) is 0.881. The van der Waals surface area contributed by atoms with Crippen LogP contribution >= 0.6 is 0 Å². The lowest BCUT2D eigenvalue weighted by molar-refractivity contribution is 0.411. The van der Waals surface area contributed by atoms with E-state index < -0.39 is 0 Å². The molecule has 2 heteroatoms. The van der Waals surface area contributed by atoms with Gasteiger partial charge in [0, 0.05) is 13.1 Å². The monoisotopic (exact) mass is 255 g/mol. The van der Waals surface area contributed by atoms with E-state index in [1.165, 1.54) is 22.3 Å². The Hall–Kier alpha value is -1.80. The largest absolute Gasteiger partial charge is 0.496 e. The molecule has 2 aromatic rings. The molecular formula is C17H21NO. The summed E-state index contributed by atoms with van der Waals surface area (Å²) in [6.45, 7) is 5.96. The third kappa shape index (κ3) is 3.83. The predicted octanol–water partition coefficient (Wildman–Crippen LogP) is 3.60. The molecule has 0 radical (unpaired) electrons. The van der Waals surface area contributed by atoms with Crippen molar-refractivity contribution in [3.8, 4) is 5.75 Å². The maximum absolute atomic E-state index is 5.27. The van der Waals surface area contributed by atoms with Crippen molar-refractivity contribution in [2.24, 2.45) is 0 Å². The van der Waals surface area contributed by atoms with E-state index in [4.69, 9.17) is 4.74 Å². The molecule has 1 N–H and O–H groups in total. The molecule has 0 amide bonds. The predicted molar refractivity (Wildman–Crippen MR) is 79.5 cm³/mol. The van der Waals surface area contributed by atoms with Gasteiger partial charge in [-0.2, -0.15) is 0 Å². The fourth-order valence-electron chi connectivity index (χ4n) is 2.22. The minimum absolute atomic E-state index is 0.874. The zero-order valence-corrected chi connectivity index (χ0v) is 11.9. The summed E-state index contributed by atoms with van der Waals surface area (Å²) in [4.78, 5) is 0. The Morgan fingerprint density at radius 3 is 2.32 bits per heavy atom. The molecule has 0 saturated carbocycles. The number of nitrogens with one attached hydrogen (secondary N) is 1. The Kier molecular flexibility index (Phi) is 4.58. The van der Waals surface area contributed by atoms with E-state index in [-0.39, 0.29) is 0 Å². The number of hydrogen-bond acceptors (Lipinski definition) is 2. The van der Waals surface area contributed by atoms with Gasteiger partial charge in [-0.25, -0.2) is 0 Å². The molecule has 0 aliphatic rings. The molecule has 0 atom stereocenters. The minimum atomic E-state index is 0.874. The third-order valence-electron chi connectivity index (χ3n) is 3.20. The van der Waals surface area contributed by atoms with Gasteiger partial charge < -0.3 is 10.1 Å². The standard InChI is InChI=1S/C17H21NO/c1-13-5-4-6-15(9-13)11-18-12-16-7-8-17(19-3)14(2)10-16/h4-10,18H,11-12H2,1-3H3. The van der Waals surface area contributed by atoms with Gasteiger partial charge in [-0.3, -0.25) is 0 Å². The SMILES string of the molecule is COc1ccc(CNCc2cccc(C)c2)cc1C. The zero-order chi connectivity index (χ0) is 13.7. The lowest BCUT2D eigenvalue weighted by Gasteiger charge is -2.09. The summed E-state index contributed by atoms with van der Waals surface area (Å²) in [7, 11) is 1.71. The van der Waals surface area contributed by atoms with Crippen LogP contribution in [-0.4, -0.2) is 7.11 Å². The summed E-state index contributed by atoms with van der Waals surface area (Å²) in [5.41, 5.74) is 5.09. The molecule has 2 nitrogen and oxygen atoms in total. The molecule has 0 bridgehead atoms. The minimum Gasteiger partial charge on any atom is -0.496 e. The van der Waals surface area contributed by atoms with Crippen LogP contribution in [0.1, 0.15) is 22.3 Å². The highest BCUT2D eigenvalue weighted by atomic mass is 16.5. The summed E-state index contributed by atoms with van der Waals surface area (Å²) in [5, 5.41) is 3.47. The van der Waals surface area contributed by atoms with Gasteiger partial charge in [0.2, 0.25) is 0 Å². The van der Waals surface area contributed by atoms with Crippen LogP contribution in [0.25, 0.3) is 0 Å². The summed E-state index contributed by atoms with van der Waals surface area (Å²) in [6, 6.07) is 14.9. The van der Waals surface area contributed by atoms with Crippen LogP contribution in [0.3, 0.4) is 0 Å². The molecule has 0 fully saturated rings. The van der Waals surface area contributed by atoms with Gasteiger partial charge in [0.15, 0.2) is 0 Å². The molecule has 19 heavy (non-hydrogen) atoms. The highest BCUT2D eigenvalue weighted by molar-refractivity contribution is 5.36. The van der Waals surface area contributed by atoms with Crippen molar-refractivity contribution < 1.29 is 4.74 Å². The average Bonchev–Trinajstić information content (AvgIpc) is 2.39. The molecule has 0 aliphatic carbocycles. The normalized spacial score (nSPS) is 10.5. The average molecular weight is 255 g/mol. The topological polar surface area (TPSA) is 21.3 Å². The number of benzene rings is 2. The van der Waals surface area contributed by atoms with Gasteiger partial charge >= 0.3 is 0 Å². The number of ether oxygens (including phenoxy) is 1. The number of hydrogen-bond donors (Lipinski definition) is 1. The van der Waals surface area contributed by atoms with E-state index in [0.29, 0.717) is 0 Å². The summed E-state index contributed by atoms with van der Waals surface area (Å²) in [6.07, 6.45) is 0.